The van der Waals surface area contributed by atoms with Crippen molar-refractivity contribution in [3.63, 3.8) is 0 Å². The van der Waals surface area contributed by atoms with Crippen LogP contribution in [0.15, 0.2) is 0 Å². The van der Waals surface area contributed by atoms with Gasteiger partial charge in [-0.3, -0.25) is 14.4 Å². The minimum Gasteiger partial charge on any atom is -0.462 e. The van der Waals surface area contributed by atoms with Crippen LogP contribution >= 0.6 is 0 Å². The predicted octanol–water partition coefficient (Wildman–Crippen LogP) is 22.4. The Hall–Kier alpha value is -1.59. The number of esters is 3. The van der Waals surface area contributed by atoms with E-state index in [2.05, 4.69) is 34.6 Å². The lowest BCUT2D eigenvalue weighted by atomic mass is 9.99. The van der Waals surface area contributed by atoms with Crippen LogP contribution in [0.4, 0.5) is 0 Å². The highest BCUT2D eigenvalue weighted by Crippen LogP contribution is 2.20. The van der Waals surface area contributed by atoms with Gasteiger partial charge in [0.1, 0.15) is 13.2 Å². The zero-order chi connectivity index (χ0) is 53.2. The topological polar surface area (TPSA) is 78.9 Å². The molecule has 0 rings (SSSR count). The Morgan fingerprint density at radius 3 is 0.781 bits per heavy atom. The number of carbonyl (C=O) groups is 3. The third-order valence-electron chi connectivity index (χ3n) is 15.8. The van der Waals surface area contributed by atoms with Gasteiger partial charge >= 0.3 is 17.9 Å². The second-order valence-electron chi connectivity index (χ2n) is 23.8. The third kappa shape index (κ3) is 59.5. The highest BCUT2D eigenvalue weighted by molar-refractivity contribution is 5.71. The second kappa shape index (κ2) is 59.7. The molecule has 0 N–H and O–H groups in total. The number of carbonyl (C=O) groups excluding carboxylic acids is 3. The molecule has 6 nitrogen and oxygen atoms in total. The van der Waals surface area contributed by atoms with E-state index in [0.717, 1.165) is 69.6 Å². The normalized spacial score (nSPS) is 12.4. The van der Waals surface area contributed by atoms with Crippen LogP contribution in [0, 0.1) is 11.8 Å². The van der Waals surface area contributed by atoms with E-state index in [4.69, 9.17) is 14.2 Å². The first-order valence-electron chi connectivity index (χ1n) is 33.3. The number of rotatable bonds is 61. The minimum absolute atomic E-state index is 0.0615. The van der Waals surface area contributed by atoms with Crippen molar-refractivity contribution in [1.29, 1.82) is 0 Å². The molecule has 0 bridgehead atoms. The van der Waals surface area contributed by atoms with Crippen molar-refractivity contribution in [3.05, 3.63) is 0 Å². The molecule has 0 aromatic carbocycles. The lowest BCUT2D eigenvalue weighted by Crippen LogP contribution is -2.30. The minimum atomic E-state index is -0.764. The van der Waals surface area contributed by atoms with Crippen molar-refractivity contribution in [3.8, 4) is 0 Å². The molecular weight excluding hydrogens is 901 g/mol. The average molecular weight is 1030 g/mol. The maximum Gasteiger partial charge on any atom is 0.306 e. The summed E-state index contributed by atoms with van der Waals surface area (Å²) in [4.78, 5) is 38.4. The lowest BCUT2D eigenvalue weighted by molar-refractivity contribution is -0.167. The zero-order valence-corrected chi connectivity index (χ0v) is 50.3. The molecule has 0 radical (unpaired) electrons. The van der Waals surface area contributed by atoms with E-state index in [9.17, 15) is 14.4 Å². The summed E-state index contributed by atoms with van der Waals surface area (Å²) in [5.74, 6) is 0.919. The first kappa shape index (κ1) is 71.4. The van der Waals surface area contributed by atoms with Gasteiger partial charge in [-0.25, -0.2) is 0 Å². The zero-order valence-electron chi connectivity index (χ0n) is 50.3. The summed E-state index contributed by atoms with van der Waals surface area (Å²) in [5, 5.41) is 0. The molecule has 1 unspecified atom stereocenters. The molecular formula is C67H130O6. The van der Waals surface area contributed by atoms with Crippen molar-refractivity contribution in [2.75, 3.05) is 13.2 Å². The van der Waals surface area contributed by atoms with Gasteiger partial charge in [0.05, 0.1) is 0 Å². The van der Waals surface area contributed by atoms with Crippen LogP contribution in [0.25, 0.3) is 0 Å². The second-order valence-corrected chi connectivity index (χ2v) is 23.8. The van der Waals surface area contributed by atoms with Crippen molar-refractivity contribution >= 4 is 17.9 Å². The molecule has 0 heterocycles. The van der Waals surface area contributed by atoms with Crippen LogP contribution in [-0.4, -0.2) is 37.2 Å². The molecule has 0 fully saturated rings. The highest BCUT2D eigenvalue weighted by atomic mass is 16.6. The Balaban J connectivity index is 4.29. The van der Waals surface area contributed by atoms with E-state index >= 15 is 0 Å². The Bertz CT molecular complexity index is 1120. The van der Waals surface area contributed by atoms with Crippen LogP contribution in [0.2, 0.25) is 0 Å². The smallest absolute Gasteiger partial charge is 0.306 e. The van der Waals surface area contributed by atoms with Gasteiger partial charge < -0.3 is 14.2 Å². The predicted molar refractivity (Wildman–Crippen MR) is 316 cm³/mol. The first-order chi connectivity index (χ1) is 35.8. The summed E-state index contributed by atoms with van der Waals surface area (Å²) in [6.07, 6.45) is 66.7. The number of ether oxygens (including phenoxy) is 3. The summed E-state index contributed by atoms with van der Waals surface area (Å²) < 4.78 is 17.0. The average Bonchev–Trinajstić information content (AvgIpc) is 3.38. The highest BCUT2D eigenvalue weighted by Gasteiger charge is 2.19. The maximum absolute atomic E-state index is 12.9. The quantitative estimate of drug-likeness (QED) is 0.0343. The summed E-state index contributed by atoms with van der Waals surface area (Å²) in [6, 6.07) is 0. The molecule has 2 atom stereocenters. The molecule has 0 spiro atoms. The van der Waals surface area contributed by atoms with Gasteiger partial charge in [-0.15, -0.1) is 0 Å². The molecule has 0 aliphatic heterocycles. The Morgan fingerprint density at radius 1 is 0.288 bits per heavy atom. The third-order valence-corrected chi connectivity index (χ3v) is 15.8. The van der Waals surface area contributed by atoms with Crippen LogP contribution in [0.1, 0.15) is 381 Å². The molecule has 6 heteroatoms. The Kier molecular flexibility index (Phi) is 58.4. The summed E-state index contributed by atoms with van der Waals surface area (Å²) in [7, 11) is 0. The van der Waals surface area contributed by atoms with Crippen LogP contribution in [0.5, 0.6) is 0 Å². The fourth-order valence-electron chi connectivity index (χ4n) is 10.4. The Morgan fingerprint density at radius 2 is 0.521 bits per heavy atom. The van der Waals surface area contributed by atoms with Crippen molar-refractivity contribution in [2.24, 2.45) is 11.8 Å². The van der Waals surface area contributed by atoms with Crippen LogP contribution < -0.4 is 0 Å². The number of hydrogen-bond acceptors (Lipinski definition) is 6. The van der Waals surface area contributed by atoms with Crippen molar-refractivity contribution in [1.82, 2.24) is 0 Å². The van der Waals surface area contributed by atoms with E-state index in [0.29, 0.717) is 19.3 Å². The molecule has 0 aromatic heterocycles. The number of hydrogen-bond donors (Lipinski definition) is 0. The van der Waals surface area contributed by atoms with Gasteiger partial charge in [-0.05, 0) is 31.1 Å². The van der Waals surface area contributed by atoms with E-state index in [1.807, 2.05) is 0 Å². The summed E-state index contributed by atoms with van der Waals surface area (Å²) in [6.45, 7) is 11.5. The van der Waals surface area contributed by atoms with E-state index in [1.54, 1.807) is 0 Å². The number of unbranched alkanes of at least 4 members (excludes halogenated alkanes) is 45. The van der Waals surface area contributed by atoms with Gasteiger partial charge in [0.2, 0.25) is 0 Å². The summed E-state index contributed by atoms with van der Waals surface area (Å²) >= 11 is 0. The fourth-order valence-corrected chi connectivity index (χ4v) is 10.4. The van der Waals surface area contributed by atoms with E-state index < -0.39 is 6.10 Å². The monoisotopic (exact) mass is 1030 g/mol. The fraction of sp³-hybridized carbons (Fsp3) is 0.955. The molecule has 0 aliphatic rings. The molecule has 0 amide bonds. The largest absolute Gasteiger partial charge is 0.462 e. The Labute approximate surface area is 457 Å². The SMILES string of the molecule is CCCCCCCCCCCCCCCCCCCCC(=O)OC[C@@H](COC(=O)CCCCCCCCCCCCCCCCCCC(C)C)OC(=O)CCCCCCCCCCCCCCCCC(C)CC. The first-order valence-corrected chi connectivity index (χ1v) is 33.3. The summed E-state index contributed by atoms with van der Waals surface area (Å²) in [5.41, 5.74) is 0. The molecule has 73 heavy (non-hydrogen) atoms. The molecule has 0 saturated heterocycles. The van der Waals surface area contributed by atoms with Crippen molar-refractivity contribution < 1.29 is 28.6 Å². The van der Waals surface area contributed by atoms with Gasteiger partial charge in [-0.2, -0.15) is 0 Å². The molecule has 0 aromatic rings. The van der Waals surface area contributed by atoms with Crippen molar-refractivity contribution in [2.45, 2.75) is 387 Å². The molecule has 0 aliphatic carbocycles. The van der Waals surface area contributed by atoms with Gasteiger partial charge in [0.25, 0.3) is 0 Å². The van der Waals surface area contributed by atoms with E-state index in [1.165, 1.54) is 270 Å². The van der Waals surface area contributed by atoms with Crippen LogP contribution in [0.3, 0.4) is 0 Å². The maximum atomic E-state index is 12.9. The lowest BCUT2D eigenvalue weighted by Gasteiger charge is -2.18. The van der Waals surface area contributed by atoms with E-state index in [-0.39, 0.29) is 31.1 Å². The van der Waals surface area contributed by atoms with Gasteiger partial charge in [0.15, 0.2) is 6.10 Å². The van der Waals surface area contributed by atoms with Crippen LogP contribution in [-0.2, 0) is 28.6 Å². The standard InChI is InChI=1S/C67H130O6/c1-6-8-9-10-11-12-13-14-15-16-17-21-27-32-37-42-47-52-57-65(68)71-60-64(73-67(70)59-54-49-44-39-34-29-24-23-26-31-36-41-46-51-56-63(5)7-2)61-72-66(69)58-53-48-43-38-33-28-22-19-18-20-25-30-35-40-45-50-55-62(3)4/h62-64H,6-61H2,1-5H3/t63?,64-/m0/s1. The van der Waals surface area contributed by atoms with Gasteiger partial charge in [-0.1, -0.05) is 343 Å². The molecule has 434 valence electrons. The molecule has 0 saturated carbocycles. The van der Waals surface area contributed by atoms with Gasteiger partial charge in [0, 0.05) is 19.3 Å².